The molecule has 146 valence electrons. The number of aromatic amines is 1. The zero-order valence-corrected chi connectivity index (χ0v) is 15.6. The number of methoxy groups -OCH3 is 2. The Balaban J connectivity index is 1.81. The molecule has 3 rings (SSSR count). The number of tetrazole rings is 1. The molecular weight excluding hydrogens is 374 g/mol. The fourth-order valence-corrected chi connectivity index (χ4v) is 2.49. The molecule has 10 heteroatoms. The quantitative estimate of drug-likeness (QED) is 0.522. The van der Waals surface area contributed by atoms with Crippen LogP contribution in [0.2, 0.25) is 0 Å². The summed E-state index contributed by atoms with van der Waals surface area (Å²) in [5, 5.41) is 28.3. The summed E-state index contributed by atoms with van der Waals surface area (Å²) in [6.45, 7) is 0. The van der Waals surface area contributed by atoms with Crippen LogP contribution in [0.3, 0.4) is 0 Å². The van der Waals surface area contributed by atoms with E-state index >= 15 is 0 Å². The summed E-state index contributed by atoms with van der Waals surface area (Å²) in [5.74, 6) is 0.862. The van der Waals surface area contributed by atoms with Gasteiger partial charge in [0.2, 0.25) is 5.82 Å². The van der Waals surface area contributed by atoms with Crippen LogP contribution in [0.15, 0.2) is 48.7 Å². The van der Waals surface area contributed by atoms with Gasteiger partial charge in [-0.05, 0) is 29.5 Å². The molecule has 3 aromatic rings. The topological polar surface area (TPSA) is 138 Å². The minimum absolute atomic E-state index is 0.146. The molecule has 0 saturated carbocycles. The fraction of sp³-hybridized carbons (Fsp3) is 0.105. The molecular formula is C19H17N7O3. The van der Waals surface area contributed by atoms with Gasteiger partial charge >= 0.3 is 0 Å². The number of benzene rings is 2. The molecule has 0 bridgehead atoms. The Morgan fingerprint density at radius 2 is 1.97 bits per heavy atom. The molecule has 29 heavy (non-hydrogen) atoms. The molecule has 0 aliphatic rings. The molecule has 0 radical (unpaired) electrons. The van der Waals surface area contributed by atoms with Gasteiger partial charge in [-0.3, -0.25) is 4.79 Å². The van der Waals surface area contributed by atoms with E-state index in [4.69, 9.17) is 9.47 Å². The lowest BCUT2D eigenvalue weighted by atomic mass is 10.1. The number of carbonyl (C=O) groups is 1. The van der Waals surface area contributed by atoms with Gasteiger partial charge in [0.25, 0.3) is 5.91 Å². The number of hydrogen-bond acceptors (Lipinski definition) is 8. The van der Waals surface area contributed by atoms with Crippen LogP contribution in [0.5, 0.6) is 11.5 Å². The van der Waals surface area contributed by atoms with Crippen molar-refractivity contribution in [2.24, 2.45) is 0 Å². The van der Waals surface area contributed by atoms with E-state index in [2.05, 4.69) is 31.3 Å². The van der Waals surface area contributed by atoms with Crippen molar-refractivity contribution in [3.05, 3.63) is 60.1 Å². The van der Waals surface area contributed by atoms with E-state index in [0.29, 0.717) is 28.4 Å². The molecule has 0 saturated heterocycles. The Morgan fingerprint density at radius 3 is 2.66 bits per heavy atom. The Labute approximate surface area is 166 Å². The standard InChI is InChI=1S/C19H17N7O3/c1-28-16-8-7-13(9-17(16)29-2)22-19(27)14-5-3-4-6-15(14)21-11-12(10-20)18-23-25-26-24-18/h3-9,11,21H,1-2H3,(H,22,27)(H,23,24,25,26). The number of anilines is 2. The van der Waals surface area contributed by atoms with Crippen molar-refractivity contribution in [2.45, 2.75) is 0 Å². The maximum Gasteiger partial charge on any atom is 0.257 e. The molecule has 1 aromatic heterocycles. The molecule has 10 nitrogen and oxygen atoms in total. The molecule has 3 N–H and O–H groups in total. The Kier molecular flexibility index (Phi) is 6.02. The largest absolute Gasteiger partial charge is 0.493 e. The van der Waals surface area contributed by atoms with Gasteiger partial charge in [-0.25, -0.2) is 0 Å². The average molecular weight is 391 g/mol. The lowest BCUT2D eigenvalue weighted by Gasteiger charge is -2.12. The van der Waals surface area contributed by atoms with Gasteiger partial charge in [-0.1, -0.05) is 12.1 Å². The molecule has 1 heterocycles. The van der Waals surface area contributed by atoms with E-state index in [0.717, 1.165) is 0 Å². The number of hydrogen-bond donors (Lipinski definition) is 3. The van der Waals surface area contributed by atoms with Crippen LogP contribution in [0.1, 0.15) is 16.2 Å². The molecule has 0 atom stereocenters. The first-order chi connectivity index (χ1) is 14.2. The average Bonchev–Trinajstić information content (AvgIpc) is 3.29. The number of H-pyrrole nitrogens is 1. The van der Waals surface area contributed by atoms with Gasteiger partial charge in [0, 0.05) is 18.0 Å². The summed E-state index contributed by atoms with van der Waals surface area (Å²) < 4.78 is 10.5. The summed E-state index contributed by atoms with van der Waals surface area (Å²) >= 11 is 0. The number of nitrogens with one attached hydrogen (secondary N) is 3. The maximum absolute atomic E-state index is 12.8. The number of ether oxygens (including phenoxy) is 2. The van der Waals surface area contributed by atoms with Crippen LogP contribution in [-0.2, 0) is 0 Å². The second kappa shape index (κ2) is 9.01. The predicted molar refractivity (Wildman–Crippen MR) is 105 cm³/mol. The van der Waals surface area contributed by atoms with Crippen molar-refractivity contribution in [1.29, 1.82) is 5.26 Å². The Morgan fingerprint density at radius 1 is 1.17 bits per heavy atom. The van der Waals surface area contributed by atoms with Crippen LogP contribution in [-0.4, -0.2) is 40.8 Å². The monoisotopic (exact) mass is 391 g/mol. The zero-order chi connectivity index (χ0) is 20.6. The number of allylic oxidation sites excluding steroid dienone is 1. The van der Waals surface area contributed by atoms with E-state index in [-0.39, 0.29) is 17.3 Å². The highest BCUT2D eigenvalue weighted by Gasteiger charge is 2.13. The second-order valence-corrected chi connectivity index (χ2v) is 5.62. The highest BCUT2D eigenvalue weighted by molar-refractivity contribution is 6.08. The van der Waals surface area contributed by atoms with E-state index in [1.54, 1.807) is 42.5 Å². The van der Waals surface area contributed by atoms with Crippen molar-refractivity contribution in [1.82, 2.24) is 20.6 Å². The minimum atomic E-state index is -0.341. The number of para-hydroxylation sites is 1. The van der Waals surface area contributed by atoms with Crippen molar-refractivity contribution >= 4 is 22.9 Å². The minimum Gasteiger partial charge on any atom is -0.493 e. The summed E-state index contributed by atoms with van der Waals surface area (Å²) in [6, 6.07) is 13.9. The van der Waals surface area contributed by atoms with Crippen molar-refractivity contribution in [3.63, 3.8) is 0 Å². The number of nitriles is 1. The third-order valence-corrected chi connectivity index (χ3v) is 3.89. The lowest BCUT2D eigenvalue weighted by molar-refractivity contribution is 0.102. The van der Waals surface area contributed by atoms with Crippen LogP contribution in [0.4, 0.5) is 11.4 Å². The fourth-order valence-electron chi connectivity index (χ4n) is 2.49. The summed E-state index contributed by atoms with van der Waals surface area (Å²) in [4.78, 5) is 12.8. The van der Waals surface area contributed by atoms with Gasteiger partial charge in [0.05, 0.1) is 25.5 Å². The molecule has 0 aliphatic heterocycles. The van der Waals surface area contributed by atoms with Gasteiger partial charge in [-0.15, -0.1) is 10.2 Å². The highest BCUT2D eigenvalue weighted by Crippen LogP contribution is 2.30. The Bertz CT molecular complexity index is 1070. The Hall–Kier alpha value is -4.39. The van der Waals surface area contributed by atoms with Crippen molar-refractivity contribution < 1.29 is 14.3 Å². The number of amides is 1. The maximum atomic E-state index is 12.8. The molecule has 0 aliphatic carbocycles. The number of aromatic nitrogens is 4. The van der Waals surface area contributed by atoms with Crippen molar-refractivity contribution in [2.75, 3.05) is 24.9 Å². The van der Waals surface area contributed by atoms with E-state index in [1.165, 1.54) is 20.4 Å². The first-order valence-electron chi connectivity index (χ1n) is 8.39. The van der Waals surface area contributed by atoms with E-state index in [9.17, 15) is 10.1 Å². The van der Waals surface area contributed by atoms with Gasteiger partial charge < -0.3 is 20.1 Å². The summed E-state index contributed by atoms with van der Waals surface area (Å²) in [5.41, 5.74) is 1.59. The van der Waals surface area contributed by atoms with Crippen LogP contribution < -0.4 is 20.1 Å². The molecule has 0 fully saturated rings. The number of carbonyl (C=O) groups excluding carboxylic acids is 1. The number of nitrogens with zero attached hydrogens (tertiary/aromatic N) is 4. The third kappa shape index (κ3) is 4.48. The molecule has 1 amide bonds. The van der Waals surface area contributed by atoms with Crippen molar-refractivity contribution in [3.8, 4) is 17.6 Å². The number of rotatable bonds is 7. The van der Waals surface area contributed by atoms with Gasteiger partial charge in [-0.2, -0.15) is 10.5 Å². The zero-order valence-electron chi connectivity index (χ0n) is 15.6. The summed E-state index contributed by atoms with van der Waals surface area (Å²) in [7, 11) is 3.06. The first-order valence-corrected chi connectivity index (χ1v) is 8.39. The van der Waals surface area contributed by atoms with E-state index < -0.39 is 0 Å². The molecule has 0 unspecified atom stereocenters. The second-order valence-electron chi connectivity index (χ2n) is 5.62. The lowest BCUT2D eigenvalue weighted by Crippen LogP contribution is -2.14. The predicted octanol–water partition coefficient (Wildman–Crippen LogP) is 2.45. The molecule has 2 aromatic carbocycles. The first kappa shape index (κ1) is 19.4. The van der Waals surface area contributed by atoms with Gasteiger partial charge in [0.1, 0.15) is 11.6 Å². The van der Waals surface area contributed by atoms with Crippen LogP contribution in [0.25, 0.3) is 5.57 Å². The van der Waals surface area contributed by atoms with Crippen LogP contribution in [0, 0.1) is 11.3 Å². The molecule has 0 spiro atoms. The SMILES string of the molecule is COc1ccc(NC(=O)c2ccccc2NC=C(C#N)c2nn[nH]n2)cc1OC. The highest BCUT2D eigenvalue weighted by atomic mass is 16.5. The van der Waals surface area contributed by atoms with Crippen LogP contribution >= 0.6 is 0 Å². The van der Waals surface area contributed by atoms with Gasteiger partial charge in [0.15, 0.2) is 11.5 Å². The summed E-state index contributed by atoms with van der Waals surface area (Å²) in [6.07, 6.45) is 1.41. The third-order valence-electron chi connectivity index (χ3n) is 3.89. The van der Waals surface area contributed by atoms with E-state index in [1.807, 2.05) is 6.07 Å². The smallest absolute Gasteiger partial charge is 0.257 e. The normalized spacial score (nSPS) is 10.7.